The molecule has 0 unspecified atom stereocenters. The maximum absolute atomic E-state index is 14.6. The monoisotopic (exact) mass is 406 g/mol. The Morgan fingerprint density at radius 1 is 0.800 bits per heavy atom. The summed E-state index contributed by atoms with van der Waals surface area (Å²) in [5.41, 5.74) is 2.36. The van der Waals surface area contributed by atoms with Crippen molar-refractivity contribution in [3.05, 3.63) is 83.6 Å². The molecule has 0 bridgehead atoms. The fourth-order valence-corrected chi connectivity index (χ4v) is 4.64. The lowest BCUT2D eigenvalue weighted by atomic mass is 10.0. The zero-order valence-corrected chi connectivity index (χ0v) is 15.6. The molecule has 6 rings (SSSR count). The van der Waals surface area contributed by atoms with Crippen LogP contribution in [-0.2, 0) is 12.8 Å². The van der Waals surface area contributed by atoms with Gasteiger partial charge in [-0.05, 0) is 40.8 Å². The molecular formula is C24H14F4N2. The second-order valence-electron chi connectivity index (χ2n) is 7.79. The number of rotatable bonds is 1. The number of fused-ring (bicyclic) bond motifs is 7. The molecular weight excluding hydrogens is 392 g/mol. The van der Waals surface area contributed by atoms with E-state index in [1.165, 1.54) is 24.4 Å². The van der Waals surface area contributed by atoms with Gasteiger partial charge >= 0.3 is 0 Å². The summed E-state index contributed by atoms with van der Waals surface area (Å²) in [6.07, 6.45) is 0.790. The molecule has 1 aliphatic carbocycles. The van der Waals surface area contributed by atoms with E-state index in [1.54, 1.807) is 16.5 Å². The number of pyridine rings is 1. The Morgan fingerprint density at radius 3 is 2.20 bits per heavy atom. The molecule has 3 aromatic carbocycles. The molecule has 0 radical (unpaired) electrons. The van der Waals surface area contributed by atoms with Crippen molar-refractivity contribution in [3.63, 3.8) is 0 Å². The Hall–Kier alpha value is -3.41. The Bertz CT molecular complexity index is 1480. The van der Waals surface area contributed by atoms with Crippen LogP contribution in [0.3, 0.4) is 0 Å². The van der Waals surface area contributed by atoms with Crippen LogP contribution in [0.4, 0.5) is 17.6 Å². The van der Waals surface area contributed by atoms with Gasteiger partial charge in [-0.3, -0.25) is 4.40 Å². The predicted octanol–water partition coefficient (Wildman–Crippen LogP) is 6.32. The van der Waals surface area contributed by atoms with E-state index in [-0.39, 0.29) is 24.1 Å². The fraction of sp³-hybridized carbons (Fsp3) is 0.125. The third-order valence-corrected chi connectivity index (χ3v) is 5.90. The number of hydrogen-bond donors (Lipinski definition) is 0. The van der Waals surface area contributed by atoms with E-state index in [2.05, 4.69) is 4.98 Å². The molecule has 0 atom stereocenters. The molecule has 0 amide bonds. The summed E-state index contributed by atoms with van der Waals surface area (Å²) < 4.78 is 59.0. The van der Waals surface area contributed by atoms with E-state index in [0.717, 1.165) is 16.2 Å². The number of halogens is 4. The van der Waals surface area contributed by atoms with Crippen molar-refractivity contribution < 1.29 is 17.6 Å². The Balaban J connectivity index is 1.82. The van der Waals surface area contributed by atoms with E-state index in [4.69, 9.17) is 0 Å². The van der Waals surface area contributed by atoms with Crippen LogP contribution in [0.5, 0.6) is 0 Å². The lowest BCUT2D eigenvalue weighted by molar-refractivity contribution is 0.0130. The summed E-state index contributed by atoms with van der Waals surface area (Å²) in [6, 6.07) is 14.7. The summed E-state index contributed by atoms with van der Waals surface area (Å²) in [4.78, 5) is 4.46. The molecule has 6 heteroatoms. The lowest BCUT2D eigenvalue weighted by Gasteiger charge is -2.13. The van der Waals surface area contributed by atoms with Crippen molar-refractivity contribution in [2.75, 3.05) is 0 Å². The van der Waals surface area contributed by atoms with Gasteiger partial charge < -0.3 is 0 Å². The molecule has 0 N–H and O–H groups in total. The second-order valence-corrected chi connectivity index (χ2v) is 7.79. The molecule has 0 aliphatic heterocycles. The minimum atomic E-state index is -2.79. The molecule has 2 nitrogen and oxygen atoms in total. The van der Waals surface area contributed by atoms with Gasteiger partial charge in [0.25, 0.3) is 5.92 Å². The van der Waals surface area contributed by atoms with Gasteiger partial charge in [0.15, 0.2) is 0 Å². The molecule has 0 saturated heterocycles. The standard InChI is InChI=1S/C24H14F4N2/c25-18-6-3-7-19(26)22(18)21-12-29-23-16-5-2-1-4-15(16)17-8-13-10-24(27,28)11-14(13)9-20(17)30(21)23/h1-9,12H,10-11H2. The lowest BCUT2D eigenvalue weighted by Crippen LogP contribution is -2.14. The molecule has 1 aliphatic rings. The van der Waals surface area contributed by atoms with Crippen LogP contribution in [0.2, 0.25) is 0 Å². The third-order valence-electron chi connectivity index (χ3n) is 5.90. The topological polar surface area (TPSA) is 17.3 Å². The predicted molar refractivity (Wildman–Crippen MR) is 108 cm³/mol. The van der Waals surface area contributed by atoms with Crippen molar-refractivity contribution in [2.45, 2.75) is 18.8 Å². The molecule has 0 fully saturated rings. The van der Waals surface area contributed by atoms with Crippen molar-refractivity contribution >= 4 is 27.3 Å². The maximum atomic E-state index is 14.6. The minimum absolute atomic E-state index is 0.188. The molecule has 0 saturated carbocycles. The summed E-state index contributed by atoms with van der Waals surface area (Å²) in [5, 5.41) is 2.41. The summed E-state index contributed by atoms with van der Waals surface area (Å²) in [5.74, 6) is -4.19. The van der Waals surface area contributed by atoms with Crippen LogP contribution in [0, 0.1) is 11.6 Å². The highest BCUT2D eigenvalue weighted by Gasteiger charge is 2.37. The van der Waals surface area contributed by atoms with Crippen LogP contribution in [0.1, 0.15) is 11.1 Å². The van der Waals surface area contributed by atoms with Crippen LogP contribution in [0.25, 0.3) is 38.6 Å². The van der Waals surface area contributed by atoms with Gasteiger partial charge in [-0.25, -0.2) is 22.5 Å². The first-order valence-electron chi connectivity index (χ1n) is 9.59. The van der Waals surface area contributed by atoms with E-state index in [1.807, 2.05) is 24.3 Å². The highest BCUT2D eigenvalue weighted by Crippen LogP contribution is 2.40. The molecule has 2 heterocycles. The quantitative estimate of drug-likeness (QED) is 0.235. The van der Waals surface area contributed by atoms with Gasteiger partial charge in [-0.15, -0.1) is 0 Å². The SMILES string of the molecule is Fc1cccc(F)c1-c1cnc2c3ccccc3c3cc4c(cc3n12)CC(F)(F)C4. The van der Waals surface area contributed by atoms with Gasteiger partial charge in [0.2, 0.25) is 0 Å². The average molecular weight is 406 g/mol. The number of aromatic nitrogens is 2. The first-order valence-corrected chi connectivity index (χ1v) is 9.59. The Kier molecular flexibility index (Phi) is 3.38. The smallest absolute Gasteiger partial charge is 0.256 e. The van der Waals surface area contributed by atoms with Crippen LogP contribution >= 0.6 is 0 Å². The van der Waals surface area contributed by atoms with Gasteiger partial charge in [-0.1, -0.05) is 30.3 Å². The third kappa shape index (κ3) is 2.33. The normalized spacial score (nSPS) is 15.3. The second kappa shape index (κ2) is 5.81. The first-order chi connectivity index (χ1) is 14.4. The number of nitrogens with zero attached hydrogens (tertiary/aromatic N) is 2. The summed E-state index contributed by atoms with van der Waals surface area (Å²) >= 11 is 0. The van der Waals surface area contributed by atoms with E-state index in [0.29, 0.717) is 22.3 Å². The van der Waals surface area contributed by atoms with Gasteiger partial charge in [-0.2, -0.15) is 0 Å². The highest BCUT2D eigenvalue weighted by molar-refractivity contribution is 6.12. The zero-order valence-electron chi connectivity index (χ0n) is 15.6. The largest absolute Gasteiger partial charge is 0.291 e. The summed E-state index contributed by atoms with van der Waals surface area (Å²) in [7, 11) is 0. The highest BCUT2D eigenvalue weighted by atomic mass is 19.3. The Morgan fingerprint density at radius 2 is 1.47 bits per heavy atom. The first kappa shape index (κ1) is 17.4. The van der Waals surface area contributed by atoms with Gasteiger partial charge in [0.1, 0.15) is 17.3 Å². The van der Waals surface area contributed by atoms with Crippen molar-refractivity contribution in [1.29, 1.82) is 0 Å². The van der Waals surface area contributed by atoms with Crippen molar-refractivity contribution in [1.82, 2.24) is 9.38 Å². The Labute approximate surface area is 168 Å². The van der Waals surface area contributed by atoms with E-state index >= 15 is 0 Å². The van der Waals surface area contributed by atoms with Gasteiger partial charge in [0.05, 0.1) is 23.0 Å². The van der Waals surface area contributed by atoms with Crippen LogP contribution in [-0.4, -0.2) is 15.3 Å². The van der Waals surface area contributed by atoms with Crippen molar-refractivity contribution in [3.8, 4) is 11.3 Å². The number of benzene rings is 3. The number of imidazole rings is 1. The van der Waals surface area contributed by atoms with E-state index < -0.39 is 17.6 Å². The van der Waals surface area contributed by atoms with Crippen LogP contribution in [0.15, 0.2) is 60.8 Å². The molecule has 30 heavy (non-hydrogen) atoms. The minimum Gasteiger partial charge on any atom is -0.291 e. The van der Waals surface area contributed by atoms with Crippen molar-refractivity contribution in [2.24, 2.45) is 0 Å². The summed E-state index contributed by atoms with van der Waals surface area (Å²) in [6.45, 7) is 0. The average Bonchev–Trinajstić information content (AvgIpc) is 3.26. The van der Waals surface area contributed by atoms with Crippen LogP contribution < -0.4 is 0 Å². The fourth-order valence-electron chi connectivity index (χ4n) is 4.64. The van der Waals surface area contributed by atoms with E-state index in [9.17, 15) is 17.6 Å². The number of alkyl halides is 2. The zero-order chi connectivity index (χ0) is 20.6. The maximum Gasteiger partial charge on any atom is 0.256 e. The van der Waals surface area contributed by atoms with Gasteiger partial charge in [0, 0.05) is 23.6 Å². The molecule has 0 spiro atoms. The number of hydrogen-bond acceptors (Lipinski definition) is 1. The molecule has 5 aromatic rings. The molecule has 148 valence electrons. The molecule has 2 aromatic heterocycles.